The van der Waals surface area contributed by atoms with Crippen LogP contribution in [0.4, 0.5) is 8.78 Å². The van der Waals surface area contributed by atoms with Crippen LogP contribution in [0, 0.1) is 11.6 Å². The molecule has 0 unspecified atom stereocenters. The van der Waals surface area contributed by atoms with Crippen molar-refractivity contribution >= 4 is 11.0 Å². The molecule has 0 aliphatic rings. The highest BCUT2D eigenvalue weighted by molar-refractivity contribution is 5.81. The lowest BCUT2D eigenvalue weighted by Gasteiger charge is -2.04. The highest BCUT2D eigenvalue weighted by Crippen LogP contribution is 2.25. The van der Waals surface area contributed by atoms with Crippen LogP contribution in [0.25, 0.3) is 11.0 Å². The van der Waals surface area contributed by atoms with Crippen molar-refractivity contribution in [2.75, 3.05) is 0 Å². The fourth-order valence-electron chi connectivity index (χ4n) is 1.90. The minimum Gasteiger partial charge on any atom is -0.489 e. The maximum atomic E-state index is 13.4. The molecule has 0 amide bonds. The fourth-order valence-corrected chi connectivity index (χ4v) is 1.90. The lowest BCUT2D eigenvalue weighted by Crippen LogP contribution is -1.94. The van der Waals surface area contributed by atoms with E-state index in [0.29, 0.717) is 11.1 Å². The highest BCUT2D eigenvalue weighted by Gasteiger charge is 2.10. The highest BCUT2D eigenvalue weighted by atomic mass is 19.1. The van der Waals surface area contributed by atoms with Crippen molar-refractivity contribution in [3.63, 3.8) is 0 Å². The average molecular weight is 260 g/mol. The molecule has 4 heteroatoms. The first-order valence-electron chi connectivity index (χ1n) is 5.77. The summed E-state index contributed by atoms with van der Waals surface area (Å²) in [6, 6.07) is 10.6. The smallest absolute Gasteiger partial charge is 0.169 e. The van der Waals surface area contributed by atoms with Crippen molar-refractivity contribution in [2.45, 2.75) is 6.61 Å². The third-order valence-electron chi connectivity index (χ3n) is 2.82. The first kappa shape index (κ1) is 11.7. The summed E-state index contributed by atoms with van der Waals surface area (Å²) in [5.41, 5.74) is 0.930. The van der Waals surface area contributed by atoms with E-state index in [1.807, 2.05) is 0 Å². The van der Waals surface area contributed by atoms with Gasteiger partial charge in [0.25, 0.3) is 0 Å². The minimum absolute atomic E-state index is 0.194. The van der Waals surface area contributed by atoms with Crippen molar-refractivity contribution in [3.05, 3.63) is 65.9 Å². The van der Waals surface area contributed by atoms with Gasteiger partial charge in [-0.25, -0.2) is 8.78 Å². The Morgan fingerprint density at radius 3 is 2.74 bits per heavy atom. The van der Waals surface area contributed by atoms with Crippen LogP contribution in [0.2, 0.25) is 0 Å². The van der Waals surface area contributed by atoms with E-state index >= 15 is 0 Å². The molecule has 0 bridgehead atoms. The third kappa shape index (κ3) is 2.29. The lowest BCUT2D eigenvalue weighted by atomic mass is 10.2. The summed E-state index contributed by atoms with van der Waals surface area (Å²) < 4.78 is 37.0. The molecule has 0 spiro atoms. The maximum absolute atomic E-state index is 13.4. The SMILES string of the molecule is Fc1cccc(OCc2coc3c(F)cccc23)c1. The van der Waals surface area contributed by atoms with Gasteiger partial charge in [0, 0.05) is 17.0 Å². The number of hydrogen-bond acceptors (Lipinski definition) is 2. The molecule has 0 N–H and O–H groups in total. The molecule has 0 radical (unpaired) electrons. The standard InChI is InChI=1S/C15H10F2O2/c16-11-3-1-4-12(7-11)18-8-10-9-19-15-13(10)5-2-6-14(15)17/h1-7,9H,8H2. The Labute approximate surface area is 108 Å². The molecule has 0 atom stereocenters. The van der Waals surface area contributed by atoms with E-state index < -0.39 is 5.82 Å². The number of furan rings is 1. The van der Waals surface area contributed by atoms with Crippen molar-refractivity contribution in [3.8, 4) is 5.75 Å². The van der Waals surface area contributed by atoms with Crippen LogP contribution in [0.15, 0.2) is 53.1 Å². The fraction of sp³-hybridized carbons (Fsp3) is 0.0667. The summed E-state index contributed by atoms with van der Waals surface area (Å²) in [4.78, 5) is 0. The Morgan fingerprint density at radius 1 is 1.05 bits per heavy atom. The van der Waals surface area contributed by atoms with Gasteiger partial charge in [-0.3, -0.25) is 0 Å². The molecule has 3 rings (SSSR count). The van der Waals surface area contributed by atoms with E-state index in [4.69, 9.17) is 9.15 Å². The summed E-state index contributed by atoms with van der Waals surface area (Å²) >= 11 is 0. The van der Waals surface area contributed by atoms with E-state index in [2.05, 4.69) is 0 Å². The van der Waals surface area contributed by atoms with Gasteiger partial charge in [0.1, 0.15) is 18.2 Å². The quantitative estimate of drug-likeness (QED) is 0.701. The van der Waals surface area contributed by atoms with Crippen molar-refractivity contribution in [1.82, 2.24) is 0 Å². The number of ether oxygens (including phenoxy) is 1. The van der Waals surface area contributed by atoms with Gasteiger partial charge in [-0.2, -0.15) is 0 Å². The molecule has 1 heterocycles. The first-order chi connectivity index (χ1) is 9.24. The zero-order valence-electron chi connectivity index (χ0n) is 9.90. The van der Waals surface area contributed by atoms with Gasteiger partial charge in [0.2, 0.25) is 0 Å². The Hall–Kier alpha value is -2.36. The average Bonchev–Trinajstić information content (AvgIpc) is 2.81. The van der Waals surface area contributed by atoms with Gasteiger partial charge in [-0.15, -0.1) is 0 Å². The van der Waals surface area contributed by atoms with Gasteiger partial charge in [0.05, 0.1) is 6.26 Å². The molecule has 3 aromatic rings. The predicted molar refractivity (Wildman–Crippen MR) is 66.9 cm³/mol. The molecule has 2 nitrogen and oxygen atoms in total. The van der Waals surface area contributed by atoms with E-state index in [1.165, 1.54) is 24.5 Å². The first-order valence-corrected chi connectivity index (χ1v) is 5.77. The van der Waals surface area contributed by atoms with Crippen molar-refractivity contribution < 1.29 is 17.9 Å². The minimum atomic E-state index is -0.408. The van der Waals surface area contributed by atoms with E-state index in [0.717, 1.165) is 5.56 Å². The second-order valence-corrected chi connectivity index (χ2v) is 4.12. The van der Waals surface area contributed by atoms with E-state index in [9.17, 15) is 8.78 Å². The molecule has 2 aromatic carbocycles. The van der Waals surface area contributed by atoms with E-state index in [1.54, 1.807) is 24.3 Å². The number of hydrogen-bond donors (Lipinski definition) is 0. The van der Waals surface area contributed by atoms with Crippen LogP contribution >= 0.6 is 0 Å². The van der Waals surface area contributed by atoms with Crippen LogP contribution in [-0.4, -0.2) is 0 Å². The van der Waals surface area contributed by atoms with Gasteiger partial charge < -0.3 is 9.15 Å². The summed E-state index contributed by atoms with van der Waals surface area (Å²) in [5.74, 6) is -0.346. The Bertz CT molecular complexity index is 719. The van der Waals surface area contributed by atoms with Crippen LogP contribution < -0.4 is 4.74 Å². The molecule has 0 aliphatic heterocycles. The van der Waals surface area contributed by atoms with Crippen LogP contribution in [-0.2, 0) is 6.61 Å². The maximum Gasteiger partial charge on any atom is 0.169 e. The molecule has 0 saturated carbocycles. The topological polar surface area (TPSA) is 22.4 Å². The molecule has 0 fully saturated rings. The summed E-state index contributed by atoms with van der Waals surface area (Å²) in [6.45, 7) is 0.194. The van der Waals surface area contributed by atoms with Gasteiger partial charge in [-0.1, -0.05) is 18.2 Å². The molecule has 96 valence electrons. The Morgan fingerprint density at radius 2 is 1.89 bits per heavy atom. The Kier molecular flexibility index (Phi) is 2.91. The summed E-state index contributed by atoms with van der Waals surface area (Å²) in [6.07, 6.45) is 1.45. The van der Waals surface area contributed by atoms with Crippen molar-refractivity contribution in [2.24, 2.45) is 0 Å². The third-order valence-corrected chi connectivity index (χ3v) is 2.82. The van der Waals surface area contributed by atoms with Crippen LogP contribution in [0.3, 0.4) is 0 Å². The van der Waals surface area contributed by atoms with Gasteiger partial charge in [0.15, 0.2) is 11.4 Å². The molecule has 0 aliphatic carbocycles. The number of para-hydroxylation sites is 1. The predicted octanol–water partition coefficient (Wildman–Crippen LogP) is 4.29. The zero-order valence-corrected chi connectivity index (χ0v) is 9.90. The second-order valence-electron chi connectivity index (χ2n) is 4.12. The lowest BCUT2D eigenvalue weighted by molar-refractivity contribution is 0.304. The number of benzene rings is 2. The largest absolute Gasteiger partial charge is 0.489 e. The molecular formula is C15H10F2O2. The Balaban J connectivity index is 1.84. The number of halogens is 2. The van der Waals surface area contributed by atoms with Crippen LogP contribution in [0.1, 0.15) is 5.56 Å². The zero-order chi connectivity index (χ0) is 13.2. The van der Waals surface area contributed by atoms with Crippen molar-refractivity contribution in [1.29, 1.82) is 0 Å². The van der Waals surface area contributed by atoms with Gasteiger partial charge >= 0.3 is 0 Å². The normalized spacial score (nSPS) is 10.8. The molecule has 19 heavy (non-hydrogen) atoms. The number of rotatable bonds is 3. The van der Waals surface area contributed by atoms with E-state index in [-0.39, 0.29) is 18.0 Å². The molecule has 0 saturated heterocycles. The summed E-state index contributed by atoms with van der Waals surface area (Å²) in [7, 11) is 0. The molecule has 1 aromatic heterocycles. The number of fused-ring (bicyclic) bond motifs is 1. The molecular weight excluding hydrogens is 250 g/mol. The van der Waals surface area contributed by atoms with Gasteiger partial charge in [-0.05, 0) is 18.2 Å². The second kappa shape index (κ2) is 4.72. The van der Waals surface area contributed by atoms with Crippen LogP contribution in [0.5, 0.6) is 5.75 Å². The monoisotopic (exact) mass is 260 g/mol. The summed E-state index contributed by atoms with van der Waals surface area (Å²) in [5, 5.41) is 0.663.